The molecule has 2 rings (SSSR count). The lowest BCUT2D eigenvalue weighted by molar-refractivity contribution is 0.356. The molecule has 1 aliphatic rings. The van der Waals surface area contributed by atoms with Crippen molar-refractivity contribution in [2.75, 3.05) is 11.9 Å². The molecule has 1 N–H and O–H groups in total. The maximum Gasteiger partial charge on any atom is 0.0375 e. The van der Waals surface area contributed by atoms with Gasteiger partial charge in [0.15, 0.2) is 0 Å². The molecule has 1 aromatic rings. The first-order valence-electron chi connectivity index (χ1n) is 7.19. The molecule has 0 bridgehead atoms. The van der Waals surface area contributed by atoms with Gasteiger partial charge in [-0.15, -0.1) is 0 Å². The fourth-order valence-corrected chi connectivity index (χ4v) is 3.14. The molecular formula is C16H25N. The third-order valence-corrected chi connectivity index (χ3v) is 4.15. The molecule has 1 aliphatic heterocycles. The standard InChI is InChI=1S/C16H25N/c1-3-5-8-13(4-2)14-11-12-17-16-10-7-6-9-15(14)16/h6-7,9-10,13-14,17H,3-5,8,11-12H2,1-2H3. The van der Waals surface area contributed by atoms with Crippen molar-refractivity contribution in [1.82, 2.24) is 0 Å². The molecule has 2 unspecified atom stereocenters. The highest BCUT2D eigenvalue weighted by Gasteiger charge is 2.25. The van der Waals surface area contributed by atoms with E-state index in [2.05, 4.69) is 43.4 Å². The Morgan fingerprint density at radius 1 is 1.29 bits per heavy atom. The Kier molecular flexibility index (Phi) is 4.47. The summed E-state index contributed by atoms with van der Waals surface area (Å²) in [7, 11) is 0. The molecular weight excluding hydrogens is 206 g/mol. The molecule has 0 aromatic heterocycles. The zero-order chi connectivity index (χ0) is 12.1. The number of hydrogen-bond acceptors (Lipinski definition) is 1. The normalized spacial score (nSPS) is 20.5. The van der Waals surface area contributed by atoms with Crippen LogP contribution in [0.25, 0.3) is 0 Å². The lowest BCUT2D eigenvalue weighted by Gasteiger charge is -2.32. The quantitative estimate of drug-likeness (QED) is 0.767. The average Bonchev–Trinajstić information content (AvgIpc) is 2.40. The Hall–Kier alpha value is -0.980. The second-order valence-electron chi connectivity index (χ2n) is 5.22. The van der Waals surface area contributed by atoms with Gasteiger partial charge in [0.1, 0.15) is 0 Å². The van der Waals surface area contributed by atoms with Gasteiger partial charge in [-0.3, -0.25) is 0 Å². The van der Waals surface area contributed by atoms with Crippen LogP contribution in [0.3, 0.4) is 0 Å². The van der Waals surface area contributed by atoms with E-state index < -0.39 is 0 Å². The molecule has 0 spiro atoms. The van der Waals surface area contributed by atoms with Gasteiger partial charge in [-0.1, -0.05) is 51.3 Å². The second-order valence-corrected chi connectivity index (χ2v) is 5.22. The average molecular weight is 231 g/mol. The number of anilines is 1. The Morgan fingerprint density at radius 3 is 2.88 bits per heavy atom. The van der Waals surface area contributed by atoms with Crippen LogP contribution in [0.4, 0.5) is 5.69 Å². The van der Waals surface area contributed by atoms with Crippen LogP contribution in [0.2, 0.25) is 0 Å². The molecule has 1 heterocycles. The van der Waals surface area contributed by atoms with E-state index in [1.807, 2.05) is 0 Å². The number of para-hydroxylation sites is 1. The van der Waals surface area contributed by atoms with Crippen LogP contribution in [-0.2, 0) is 0 Å². The summed E-state index contributed by atoms with van der Waals surface area (Å²) < 4.78 is 0. The molecule has 0 amide bonds. The first-order valence-corrected chi connectivity index (χ1v) is 7.19. The van der Waals surface area contributed by atoms with Crippen LogP contribution >= 0.6 is 0 Å². The topological polar surface area (TPSA) is 12.0 Å². The second kappa shape index (κ2) is 6.09. The van der Waals surface area contributed by atoms with Crippen molar-refractivity contribution >= 4 is 5.69 Å². The summed E-state index contributed by atoms with van der Waals surface area (Å²) in [6, 6.07) is 8.88. The number of hydrogen-bond donors (Lipinski definition) is 1. The summed E-state index contributed by atoms with van der Waals surface area (Å²) in [5, 5.41) is 3.53. The molecule has 94 valence electrons. The third kappa shape index (κ3) is 2.83. The summed E-state index contributed by atoms with van der Waals surface area (Å²) in [6.07, 6.45) is 6.72. The van der Waals surface area contributed by atoms with E-state index in [-0.39, 0.29) is 0 Å². The Morgan fingerprint density at radius 2 is 2.12 bits per heavy atom. The molecule has 0 radical (unpaired) electrons. The van der Waals surface area contributed by atoms with Gasteiger partial charge in [0, 0.05) is 12.2 Å². The van der Waals surface area contributed by atoms with Crippen molar-refractivity contribution in [3.8, 4) is 0 Å². The van der Waals surface area contributed by atoms with E-state index in [0.29, 0.717) is 0 Å². The first-order chi connectivity index (χ1) is 8.36. The van der Waals surface area contributed by atoms with Gasteiger partial charge in [0.05, 0.1) is 0 Å². The van der Waals surface area contributed by atoms with Crippen LogP contribution in [-0.4, -0.2) is 6.54 Å². The van der Waals surface area contributed by atoms with E-state index in [9.17, 15) is 0 Å². The molecule has 0 saturated carbocycles. The number of nitrogens with one attached hydrogen (secondary N) is 1. The van der Waals surface area contributed by atoms with Crippen LogP contribution in [0.15, 0.2) is 24.3 Å². The van der Waals surface area contributed by atoms with Gasteiger partial charge >= 0.3 is 0 Å². The van der Waals surface area contributed by atoms with Crippen LogP contribution in [0.5, 0.6) is 0 Å². The SMILES string of the molecule is CCCCC(CC)C1CCNc2ccccc21. The maximum atomic E-state index is 3.53. The van der Waals surface area contributed by atoms with Gasteiger partial charge in [0.25, 0.3) is 0 Å². The fraction of sp³-hybridized carbons (Fsp3) is 0.625. The highest BCUT2D eigenvalue weighted by molar-refractivity contribution is 5.54. The Balaban J connectivity index is 2.15. The van der Waals surface area contributed by atoms with E-state index in [1.54, 1.807) is 5.56 Å². The zero-order valence-electron chi connectivity index (χ0n) is 11.2. The van der Waals surface area contributed by atoms with Crippen molar-refractivity contribution in [3.63, 3.8) is 0 Å². The molecule has 1 heteroatoms. The van der Waals surface area contributed by atoms with Gasteiger partial charge in [0.2, 0.25) is 0 Å². The van der Waals surface area contributed by atoms with Gasteiger partial charge in [-0.25, -0.2) is 0 Å². The van der Waals surface area contributed by atoms with Crippen molar-refractivity contribution < 1.29 is 0 Å². The minimum atomic E-state index is 0.781. The first kappa shape index (κ1) is 12.5. The number of unbranched alkanes of at least 4 members (excludes halogenated alkanes) is 1. The van der Waals surface area contributed by atoms with E-state index >= 15 is 0 Å². The highest BCUT2D eigenvalue weighted by atomic mass is 14.9. The van der Waals surface area contributed by atoms with Crippen molar-refractivity contribution in [3.05, 3.63) is 29.8 Å². The van der Waals surface area contributed by atoms with E-state index in [1.165, 1.54) is 37.8 Å². The Labute approximate surface area is 106 Å². The molecule has 17 heavy (non-hydrogen) atoms. The van der Waals surface area contributed by atoms with Gasteiger partial charge in [-0.2, -0.15) is 0 Å². The molecule has 0 aliphatic carbocycles. The predicted molar refractivity (Wildman–Crippen MR) is 75.6 cm³/mol. The molecule has 1 nitrogen and oxygen atoms in total. The fourth-order valence-electron chi connectivity index (χ4n) is 3.14. The zero-order valence-corrected chi connectivity index (χ0v) is 11.2. The number of fused-ring (bicyclic) bond motifs is 1. The summed E-state index contributed by atoms with van der Waals surface area (Å²) in [6.45, 7) is 5.79. The van der Waals surface area contributed by atoms with Crippen LogP contribution in [0, 0.1) is 5.92 Å². The third-order valence-electron chi connectivity index (χ3n) is 4.15. The molecule has 1 aromatic carbocycles. The van der Waals surface area contributed by atoms with E-state index in [0.717, 1.165) is 18.4 Å². The largest absolute Gasteiger partial charge is 0.385 e. The lowest BCUT2D eigenvalue weighted by atomic mass is 9.77. The van der Waals surface area contributed by atoms with Crippen molar-refractivity contribution in [2.45, 2.75) is 51.9 Å². The highest BCUT2D eigenvalue weighted by Crippen LogP contribution is 2.39. The predicted octanol–water partition coefficient (Wildman–Crippen LogP) is 4.80. The Bertz CT molecular complexity index is 345. The summed E-state index contributed by atoms with van der Waals surface area (Å²) in [5.74, 6) is 1.65. The number of benzene rings is 1. The van der Waals surface area contributed by atoms with Gasteiger partial charge in [-0.05, 0) is 36.3 Å². The van der Waals surface area contributed by atoms with Crippen LogP contribution < -0.4 is 5.32 Å². The summed E-state index contributed by atoms with van der Waals surface area (Å²) in [5.41, 5.74) is 2.93. The molecule has 0 saturated heterocycles. The minimum Gasteiger partial charge on any atom is -0.385 e. The van der Waals surface area contributed by atoms with E-state index in [4.69, 9.17) is 0 Å². The van der Waals surface area contributed by atoms with Crippen molar-refractivity contribution in [2.24, 2.45) is 5.92 Å². The monoisotopic (exact) mass is 231 g/mol. The lowest BCUT2D eigenvalue weighted by Crippen LogP contribution is -2.22. The molecule has 2 atom stereocenters. The molecule has 0 fully saturated rings. The van der Waals surface area contributed by atoms with Gasteiger partial charge < -0.3 is 5.32 Å². The minimum absolute atomic E-state index is 0.781. The summed E-state index contributed by atoms with van der Waals surface area (Å²) in [4.78, 5) is 0. The van der Waals surface area contributed by atoms with Crippen LogP contribution in [0.1, 0.15) is 57.4 Å². The maximum absolute atomic E-state index is 3.53. The smallest absolute Gasteiger partial charge is 0.0375 e. The number of rotatable bonds is 5. The van der Waals surface area contributed by atoms with Crippen molar-refractivity contribution in [1.29, 1.82) is 0 Å². The summed E-state index contributed by atoms with van der Waals surface area (Å²) >= 11 is 0.